The van der Waals surface area contributed by atoms with E-state index in [0.29, 0.717) is 12.0 Å². The van der Waals surface area contributed by atoms with Gasteiger partial charge in [-0.3, -0.25) is 14.9 Å². The van der Waals surface area contributed by atoms with Crippen LogP contribution in [0.15, 0.2) is 18.2 Å². The fourth-order valence-electron chi connectivity index (χ4n) is 1.76. The lowest BCUT2D eigenvalue weighted by atomic mass is 10.1. The molecule has 0 heterocycles. The summed E-state index contributed by atoms with van der Waals surface area (Å²) >= 11 is 0. The summed E-state index contributed by atoms with van der Waals surface area (Å²) in [4.78, 5) is 22.7. The molecule has 0 spiro atoms. The Balaban J connectivity index is 2.93. The molecule has 0 aliphatic carbocycles. The minimum Gasteiger partial charge on any atom is -0.389 e. The Labute approximate surface area is 110 Å². The number of aliphatic hydroxyl groups is 1. The summed E-state index contributed by atoms with van der Waals surface area (Å²) in [6, 6.07) is 4.02. The van der Waals surface area contributed by atoms with E-state index in [1.54, 1.807) is 11.9 Å². The number of benzene rings is 1. The van der Waals surface area contributed by atoms with E-state index in [1.165, 1.54) is 25.3 Å². The molecule has 0 aromatic heterocycles. The molecule has 0 aliphatic heterocycles. The first-order chi connectivity index (χ1) is 8.99. The number of nitrogens with zero attached hydrogens (tertiary/aromatic N) is 2. The van der Waals surface area contributed by atoms with Crippen LogP contribution in [0.3, 0.4) is 0 Å². The Morgan fingerprint density at radius 2 is 2.26 bits per heavy atom. The number of carbonyl (C=O) groups excluding carboxylic acids is 1. The lowest BCUT2D eigenvalue weighted by Crippen LogP contribution is -2.32. The second-order valence-electron chi connectivity index (χ2n) is 4.11. The van der Waals surface area contributed by atoms with Gasteiger partial charge in [0.2, 0.25) is 0 Å². The normalized spacial score (nSPS) is 11.9. The zero-order valence-electron chi connectivity index (χ0n) is 10.8. The average Bonchev–Trinajstić information content (AvgIpc) is 2.37. The van der Waals surface area contributed by atoms with Crippen molar-refractivity contribution in [1.29, 1.82) is 0 Å². The Hall–Kier alpha value is -1.99. The molecule has 0 saturated carbocycles. The zero-order chi connectivity index (χ0) is 14.4. The summed E-state index contributed by atoms with van der Waals surface area (Å²) in [7, 11) is 3.17. The second kappa shape index (κ2) is 6.81. The van der Waals surface area contributed by atoms with Gasteiger partial charge in [0.15, 0.2) is 6.29 Å². The van der Waals surface area contributed by atoms with Crippen molar-refractivity contribution in [2.75, 3.05) is 32.2 Å². The number of carbonyl (C=O) groups is 1. The number of aliphatic hydroxyl groups excluding tert-OH is 1. The molecule has 0 saturated heterocycles. The lowest BCUT2D eigenvalue weighted by molar-refractivity contribution is -0.384. The van der Waals surface area contributed by atoms with Crippen LogP contribution in [0.4, 0.5) is 11.4 Å². The molecule has 7 nitrogen and oxygen atoms in total. The first kappa shape index (κ1) is 15.1. The topological polar surface area (TPSA) is 92.9 Å². The second-order valence-corrected chi connectivity index (χ2v) is 4.11. The largest absolute Gasteiger partial charge is 0.389 e. The van der Waals surface area contributed by atoms with Crippen molar-refractivity contribution in [2.45, 2.75) is 6.10 Å². The van der Waals surface area contributed by atoms with Gasteiger partial charge in [0, 0.05) is 44.1 Å². The van der Waals surface area contributed by atoms with Crippen LogP contribution in [-0.4, -0.2) is 49.7 Å². The fourth-order valence-corrected chi connectivity index (χ4v) is 1.76. The van der Waals surface area contributed by atoms with Gasteiger partial charge in [-0.15, -0.1) is 0 Å². The molecule has 1 aromatic carbocycles. The number of non-ortho nitro benzene ring substituents is 1. The number of anilines is 1. The quantitative estimate of drug-likeness (QED) is 0.447. The summed E-state index contributed by atoms with van der Waals surface area (Å²) in [5.41, 5.74) is 0.591. The van der Waals surface area contributed by atoms with Gasteiger partial charge in [0.05, 0.1) is 17.6 Å². The third-order valence-corrected chi connectivity index (χ3v) is 2.60. The van der Waals surface area contributed by atoms with E-state index in [9.17, 15) is 20.0 Å². The van der Waals surface area contributed by atoms with Crippen LogP contribution < -0.4 is 4.90 Å². The van der Waals surface area contributed by atoms with Crippen LogP contribution >= 0.6 is 0 Å². The molecule has 1 N–H and O–H groups in total. The van der Waals surface area contributed by atoms with Crippen LogP contribution in [0.5, 0.6) is 0 Å². The predicted octanol–water partition coefficient (Wildman–Crippen LogP) is 0.851. The highest BCUT2D eigenvalue weighted by atomic mass is 16.6. The summed E-state index contributed by atoms with van der Waals surface area (Å²) in [6.45, 7) is 0.431. The maximum Gasteiger partial charge on any atom is 0.270 e. The van der Waals surface area contributed by atoms with Gasteiger partial charge < -0.3 is 14.7 Å². The van der Waals surface area contributed by atoms with E-state index in [1.807, 2.05) is 0 Å². The summed E-state index contributed by atoms with van der Waals surface area (Å²) in [5.74, 6) is 0. The molecule has 0 bridgehead atoms. The van der Waals surface area contributed by atoms with Crippen LogP contribution in [-0.2, 0) is 4.74 Å². The number of aldehydes is 1. The van der Waals surface area contributed by atoms with Crippen molar-refractivity contribution < 1.29 is 19.6 Å². The Morgan fingerprint density at radius 3 is 2.79 bits per heavy atom. The predicted molar refractivity (Wildman–Crippen MR) is 69.6 cm³/mol. The molecular formula is C12H16N2O5. The number of methoxy groups -OCH3 is 1. The van der Waals surface area contributed by atoms with E-state index < -0.39 is 11.0 Å². The van der Waals surface area contributed by atoms with Gasteiger partial charge in [-0.2, -0.15) is 0 Å². The molecule has 19 heavy (non-hydrogen) atoms. The highest BCUT2D eigenvalue weighted by molar-refractivity contribution is 5.85. The average molecular weight is 268 g/mol. The molecule has 0 radical (unpaired) electrons. The van der Waals surface area contributed by atoms with Gasteiger partial charge in [-0.25, -0.2) is 0 Å². The van der Waals surface area contributed by atoms with E-state index in [2.05, 4.69) is 0 Å². The summed E-state index contributed by atoms with van der Waals surface area (Å²) < 4.78 is 4.81. The smallest absolute Gasteiger partial charge is 0.270 e. The van der Waals surface area contributed by atoms with E-state index in [4.69, 9.17) is 4.74 Å². The molecule has 0 amide bonds. The highest BCUT2D eigenvalue weighted by Crippen LogP contribution is 2.23. The van der Waals surface area contributed by atoms with Gasteiger partial charge in [0.25, 0.3) is 5.69 Å². The number of likely N-dealkylation sites (N-methyl/N-ethyl adjacent to an activating group) is 1. The van der Waals surface area contributed by atoms with Crippen LogP contribution in [0, 0.1) is 10.1 Å². The van der Waals surface area contributed by atoms with Gasteiger partial charge in [-0.05, 0) is 6.07 Å². The van der Waals surface area contributed by atoms with Gasteiger partial charge in [0.1, 0.15) is 0 Å². The van der Waals surface area contributed by atoms with Crippen LogP contribution in [0.1, 0.15) is 10.4 Å². The molecule has 1 unspecified atom stereocenters. The van der Waals surface area contributed by atoms with E-state index >= 15 is 0 Å². The van der Waals surface area contributed by atoms with Crippen molar-refractivity contribution in [3.8, 4) is 0 Å². The first-order valence-electron chi connectivity index (χ1n) is 5.61. The highest BCUT2D eigenvalue weighted by Gasteiger charge is 2.15. The maximum absolute atomic E-state index is 11.0. The SMILES string of the molecule is COCC(O)CN(C)c1ccc([N+](=O)[O-])cc1C=O. The van der Waals surface area contributed by atoms with Crippen molar-refractivity contribution >= 4 is 17.7 Å². The standard InChI is InChI=1S/C12H16N2O5/c1-13(6-11(16)8-19-2)12-4-3-10(14(17)18)5-9(12)7-15/h3-5,7,11,16H,6,8H2,1-2H3. The minimum atomic E-state index is -0.704. The lowest BCUT2D eigenvalue weighted by Gasteiger charge is -2.23. The Morgan fingerprint density at radius 1 is 1.58 bits per heavy atom. The Kier molecular flexibility index (Phi) is 5.40. The van der Waals surface area contributed by atoms with Gasteiger partial charge >= 0.3 is 0 Å². The first-order valence-corrected chi connectivity index (χ1v) is 5.61. The monoisotopic (exact) mass is 268 g/mol. The van der Waals surface area contributed by atoms with Crippen LogP contribution in [0.2, 0.25) is 0 Å². The number of nitro benzene ring substituents is 1. The zero-order valence-corrected chi connectivity index (χ0v) is 10.8. The van der Waals surface area contributed by atoms with Crippen molar-refractivity contribution in [3.05, 3.63) is 33.9 Å². The molecule has 1 atom stereocenters. The Bertz CT molecular complexity index is 463. The van der Waals surface area contributed by atoms with Crippen molar-refractivity contribution in [3.63, 3.8) is 0 Å². The number of hydrogen-bond acceptors (Lipinski definition) is 6. The van der Waals surface area contributed by atoms with Crippen molar-refractivity contribution in [2.24, 2.45) is 0 Å². The molecule has 1 rings (SSSR count). The molecular weight excluding hydrogens is 252 g/mol. The van der Waals surface area contributed by atoms with E-state index in [0.717, 1.165) is 0 Å². The molecule has 104 valence electrons. The molecule has 0 fully saturated rings. The number of hydrogen-bond donors (Lipinski definition) is 1. The molecule has 1 aromatic rings. The molecule has 7 heteroatoms. The molecule has 0 aliphatic rings. The third kappa shape index (κ3) is 4.01. The van der Waals surface area contributed by atoms with E-state index in [-0.39, 0.29) is 24.4 Å². The minimum absolute atomic E-state index is 0.142. The van der Waals surface area contributed by atoms with Gasteiger partial charge in [-0.1, -0.05) is 0 Å². The number of nitro groups is 1. The number of ether oxygens (including phenoxy) is 1. The maximum atomic E-state index is 11.0. The van der Waals surface area contributed by atoms with Crippen molar-refractivity contribution in [1.82, 2.24) is 0 Å². The summed E-state index contributed by atoms with van der Waals surface area (Å²) in [5, 5.41) is 20.3. The van der Waals surface area contributed by atoms with Crippen LogP contribution in [0.25, 0.3) is 0 Å². The fraction of sp³-hybridized carbons (Fsp3) is 0.417. The summed E-state index contributed by atoms with van der Waals surface area (Å²) in [6.07, 6.45) is -0.147. The number of rotatable bonds is 7. The third-order valence-electron chi connectivity index (χ3n) is 2.60.